The van der Waals surface area contributed by atoms with Crippen LogP contribution in [-0.2, 0) is 4.74 Å². The van der Waals surface area contributed by atoms with E-state index in [1.807, 2.05) is 0 Å². The normalized spacial score (nSPS) is 26.6. The van der Waals surface area contributed by atoms with Gasteiger partial charge in [-0.05, 0) is 44.7 Å². The lowest BCUT2D eigenvalue weighted by Crippen LogP contribution is -2.31. The summed E-state index contributed by atoms with van der Waals surface area (Å²) in [7, 11) is 0. The summed E-state index contributed by atoms with van der Waals surface area (Å²) in [5.74, 6) is 0.832. The number of piperidine rings is 1. The van der Waals surface area contributed by atoms with Crippen molar-refractivity contribution in [2.24, 2.45) is 5.92 Å². The first-order valence-electron chi connectivity index (χ1n) is 6.27. The molecule has 0 radical (unpaired) electrons. The number of ether oxygens (including phenoxy) is 1. The Labute approximate surface area is 87.4 Å². The van der Waals surface area contributed by atoms with E-state index in [0.717, 1.165) is 12.5 Å². The molecule has 0 aromatic heterocycles. The molecule has 2 aliphatic rings. The third-order valence-corrected chi connectivity index (χ3v) is 3.58. The minimum absolute atomic E-state index is 0.596. The summed E-state index contributed by atoms with van der Waals surface area (Å²) < 4.78 is 5.99. The Hall–Kier alpha value is -0.0800. The molecule has 0 aromatic rings. The molecule has 0 amide bonds. The molecule has 1 saturated carbocycles. The molecule has 1 N–H and O–H groups in total. The second-order valence-corrected chi connectivity index (χ2v) is 4.79. The van der Waals surface area contributed by atoms with Gasteiger partial charge in [-0.15, -0.1) is 0 Å². The van der Waals surface area contributed by atoms with Crippen molar-refractivity contribution >= 4 is 0 Å². The monoisotopic (exact) mass is 197 g/mol. The van der Waals surface area contributed by atoms with Crippen LogP contribution >= 0.6 is 0 Å². The molecule has 2 heteroatoms. The highest BCUT2D eigenvalue weighted by molar-refractivity contribution is 4.70. The van der Waals surface area contributed by atoms with Crippen LogP contribution < -0.4 is 5.32 Å². The molecule has 0 unspecified atom stereocenters. The topological polar surface area (TPSA) is 21.3 Å². The Morgan fingerprint density at radius 2 is 1.64 bits per heavy atom. The molecular weight excluding hydrogens is 174 g/mol. The lowest BCUT2D eigenvalue weighted by Gasteiger charge is -2.27. The van der Waals surface area contributed by atoms with Gasteiger partial charge in [-0.1, -0.05) is 19.3 Å². The number of hydrogen-bond donors (Lipinski definition) is 1. The third-order valence-electron chi connectivity index (χ3n) is 3.58. The van der Waals surface area contributed by atoms with Crippen molar-refractivity contribution in [1.29, 1.82) is 0 Å². The molecule has 1 heterocycles. The first-order valence-corrected chi connectivity index (χ1v) is 6.27. The van der Waals surface area contributed by atoms with Gasteiger partial charge in [0.2, 0.25) is 0 Å². The molecule has 14 heavy (non-hydrogen) atoms. The first-order chi connectivity index (χ1) is 6.95. The molecule has 82 valence electrons. The summed E-state index contributed by atoms with van der Waals surface area (Å²) in [6.45, 7) is 3.41. The Bertz CT molecular complexity index is 130. The van der Waals surface area contributed by atoms with Gasteiger partial charge in [0.1, 0.15) is 0 Å². The SMILES string of the molecule is C1CCC(OCC2CCNCC2)CC1. The zero-order chi connectivity index (χ0) is 9.64. The fraction of sp³-hybridized carbons (Fsp3) is 1.00. The quantitative estimate of drug-likeness (QED) is 0.750. The minimum Gasteiger partial charge on any atom is -0.378 e. The van der Waals surface area contributed by atoms with E-state index in [9.17, 15) is 0 Å². The molecule has 0 bridgehead atoms. The van der Waals surface area contributed by atoms with Crippen LogP contribution in [0.1, 0.15) is 44.9 Å². The summed E-state index contributed by atoms with van der Waals surface area (Å²) in [5.41, 5.74) is 0. The maximum absolute atomic E-state index is 5.99. The molecule has 2 fully saturated rings. The lowest BCUT2D eigenvalue weighted by molar-refractivity contribution is 0.00249. The molecule has 1 aliphatic heterocycles. The van der Waals surface area contributed by atoms with Gasteiger partial charge < -0.3 is 10.1 Å². The van der Waals surface area contributed by atoms with Gasteiger partial charge in [-0.3, -0.25) is 0 Å². The summed E-state index contributed by atoms with van der Waals surface area (Å²) >= 11 is 0. The summed E-state index contributed by atoms with van der Waals surface area (Å²) in [6, 6.07) is 0. The van der Waals surface area contributed by atoms with E-state index in [-0.39, 0.29) is 0 Å². The van der Waals surface area contributed by atoms with Crippen LogP contribution in [0.25, 0.3) is 0 Å². The summed E-state index contributed by atoms with van der Waals surface area (Å²) in [5, 5.41) is 3.40. The van der Waals surface area contributed by atoms with Gasteiger partial charge >= 0.3 is 0 Å². The fourth-order valence-electron chi connectivity index (χ4n) is 2.55. The van der Waals surface area contributed by atoms with E-state index in [1.54, 1.807) is 0 Å². The van der Waals surface area contributed by atoms with Crippen molar-refractivity contribution in [2.45, 2.75) is 51.0 Å². The maximum atomic E-state index is 5.99. The van der Waals surface area contributed by atoms with Crippen molar-refractivity contribution in [2.75, 3.05) is 19.7 Å². The highest BCUT2D eigenvalue weighted by atomic mass is 16.5. The highest BCUT2D eigenvalue weighted by Gasteiger charge is 2.17. The molecule has 1 saturated heterocycles. The zero-order valence-corrected chi connectivity index (χ0v) is 9.13. The van der Waals surface area contributed by atoms with Gasteiger partial charge in [-0.25, -0.2) is 0 Å². The van der Waals surface area contributed by atoms with Gasteiger partial charge in [0, 0.05) is 6.61 Å². The second-order valence-electron chi connectivity index (χ2n) is 4.79. The minimum atomic E-state index is 0.596. The number of rotatable bonds is 3. The van der Waals surface area contributed by atoms with E-state index in [1.165, 1.54) is 58.0 Å². The standard InChI is InChI=1S/C12H23NO/c1-2-4-12(5-3-1)14-10-11-6-8-13-9-7-11/h11-13H,1-10H2. The van der Waals surface area contributed by atoms with Gasteiger partial charge in [0.15, 0.2) is 0 Å². The van der Waals surface area contributed by atoms with Crippen LogP contribution in [0.15, 0.2) is 0 Å². The Balaban J connectivity index is 1.60. The van der Waals surface area contributed by atoms with Crippen molar-refractivity contribution in [3.8, 4) is 0 Å². The average molecular weight is 197 g/mol. The van der Waals surface area contributed by atoms with E-state index in [4.69, 9.17) is 4.74 Å². The number of nitrogens with one attached hydrogen (secondary N) is 1. The van der Waals surface area contributed by atoms with Crippen molar-refractivity contribution in [3.63, 3.8) is 0 Å². The van der Waals surface area contributed by atoms with E-state index in [2.05, 4.69) is 5.32 Å². The van der Waals surface area contributed by atoms with Crippen molar-refractivity contribution in [1.82, 2.24) is 5.32 Å². The van der Waals surface area contributed by atoms with Crippen LogP contribution in [0.2, 0.25) is 0 Å². The predicted octanol–water partition coefficient (Wildman–Crippen LogP) is 2.34. The van der Waals surface area contributed by atoms with E-state index in [0.29, 0.717) is 6.10 Å². The van der Waals surface area contributed by atoms with Crippen molar-refractivity contribution < 1.29 is 4.74 Å². The van der Waals surface area contributed by atoms with Gasteiger partial charge in [0.25, 0.3) is 0 Å². The van der Waals surface area contributed by atoms with E-state index < -0.39 is 0 Å². The predicted molar refractivity (Wildman–Crippen MR) is 58.4 cm³/mol. The smallest absolute Gasteiger partial charge is 0.0575 e. The number of hydrogen-bond acceptors (Lipinski definition) is 2. The summed E-state index contributed by atoms with van der Waals surface area (Å²) in [6.07, 6.45) is 10.0. The highest BCUT2D eigenvalue weighted by Crippen LogP contribution is 2.22. The Kier molecular flexibility index (Phi) is 4.26. The van der Waals surface area contributed by atoms with Crippen LogP contribution in [0.4, 0.5) is 0 Å². The largest absolute Gasteiger partial charge is 0.378 e. The fourth-order valence-corrected chi connectivity index (χ4v) is 2.55. The molecule has 0 atom stereocenters. The second kappa shape index (κ2) is 5.72. The molecule has 2 nitrogen and oxygen atoms in total. The Morgan fingerprint density at radius 1 is 0.929 bits per heavy atom. The maximum Gasteiger partial charge on any atom is 0.0575 e. The van der Waals surface area contributed by atoms with Crippen LogP contribution in [0.3, 0.4) is 0 Å². The van der Waals surface area contributed by atoms with Crippen LogP contribution in [-0.4, -0.2) is 25.8 Å². The molecule has 2 rings (SSSR count). The average Bonchev–Trinajstić information content (AvgIpc) is 2.29. The molecular formula is C12H23NO. The van der Waals surface area contributed by atoms with Gasteiger partial charge in [0.05, 0.1) is 6.10 Å². The third kappa shape index (κ3) is 3.25. The molecule has 0 aromatic carbocycles. The lowest BCUT2D eigenvalue weighted by atomic mass is 9.96. The van der Waals surface area contributed by atoms with Gasteiger partial charge in [-0.2, -0.15) is 0 Å². The summed E-state index contributed by atoms with van der Waals surface area (Å²) in [4.78, 5) is 0. The molecule has 1 aliphatic carbocycles. The van der Waals surface area contributed by atoms with Crippen molar-refractivity contribution in [3.05, 3.63) is 0 Å². The zero-order valence-electron chi connectivity index (χ0n) is 9.13. The Morgan fingerprint density at radius 3 is 2.36 bits per heavy atom. The van der Waals surface area contributed by atoms with Crippen LogP contribution in [0.5, 0.6) is 0 Å². The molecule has 0 spiro atoms. The van der Waals surface area contributed by atoms with Crippen LogP contribution in [0, 0.1) is 5.92 Å². The van der Waals surface area contributed by atoms with E-state index >= 15 is 0 Å². The first kappa shape index (κ1) is 10.4.